The molecule has 0 saturated carbocycles. The molecule has 3 aromatic carbocycles. The maximum absolute atomic E-state index is 13.1. The van der Waals surface area contributed by atoms with Crippen LogP contribution in [-0.2, 0) is 4.79 Å². The number of likely N-dealkylation sites (N-methyl/N-ethyl adjacent to an activating group) is 1. The molecule has 162 valence electrons. The number of rotatable bonds is 8. The number of nitrogens with zero attached hydrogens (tertiary/aromatic N) is 3. The van der Waals surface area contributed by atoms with E-state index in [1.54, 1.807) is 38.4 Å². The van der Waals surface area contributed by atoms with Crippen molar-refractivity contribution >= 4 is 23.1 Å². The Balaban J connectivity index is 1.82. The Morgan fingerprint density at radius 3 is 1.88 bits per heavy atom. The van der Waals surface area contributed by atoms with E-state index in [0.717, 1.165) is 5.56 Å². The third-order valence-corrected chi connectivity index (χ3v) is 4.73. The van der Waals surface area contributed by atoms with E-state index in [4.69, 9.17) is 4.74 Å². The van der Waals surface area contributed by atoms with Gasteiger partial charge in [0.2, 0.25) is 5.78 Å². The fraction of sp³-hybridized carbons (Fsp3) is 0.154. The Morgan fingerprint density at radius 1 is 0.750 bits per heavy atom. The molecule has 6 nitrogen and oxygen atoms in total. The highest BCUT2D eigenvalue weighted by Gasteiger charge is 2.16. The summed E-state index contributed by atoms with van der Waals surface area (Å²) in [5, 5.41) is 8.65. The third kappa shape index (κ3) is 5.98. The Morgan fingerprint density at radius 2 is 1.31 bits per heavy atom. The molecule has 0 N–H and O–H groups in total. The van der Waals surface area contributed by atoms with Gasteiger partial charge in [-0.2, -0.15) is 5.10 Å². The second-order valence-corrected chi connectivity index (χ2v) is 7.30. The summed E-state index contributed by atoms with van der Waals surface area (Å²) in [7, 11) is 3.36. The van der Waals surface area contributed by atoms with Crippen molar-refractivity contribution < 1.29 is 14.3 Å². The van der Waals surface area contributed by atoms with Crippen molar-refractivity contribution in [3.05, 3.63) is 102 Å². The minimum Gasteiger partial charge on any atom is -0.484 e. The van der Waals surface area contributed by atoms with Crippen molar-refractivity contribution in [3.8, 4) is 5.75 Å². The highest BCUT2D eigenvalue weighted by molar-refractivity contribution is 6.51. The monoisotopic (exact) mass is 427 g/mol. The lowest BCUT2D eigenvalue weighted by Crippen LogP contribution is -2.27. The van der Waals surface area contributed by atoms with Crippen molar-refractivity contribution in [1.29, 1.82) is 0 Å². The van der Waals surface area contributed by atoms with Crippen LogP contribution in [0.15, 0.2) is 95.1 Å². The second kappa shape index (κ2) is 10.8. The van der Waals surface area contributed by atoms with Crippen molar-refractivity contribution in [1.82, 2.24) is 4.90 Å². The molecule has 32 heavy (non-hydrogen) atoms. The highest BCUT2D eigenvalue weighted by Crippen LogP contribution is 2.14. The van der Waals surface area contributed by atoms with Gasteiger partial charge >= 0.3 is 0 Å². The van der Waals surface area contributed by atoms with Crippen LogP contribution < -0.4 is 4.74 Å². The summed E-state index contributed by atoms with van der Waals surface area (Å²) < 4.78 is 5.50. The summed E-state index contributed by atoms with van der Waals surface area (Å²) in [6.07, 6.45) is 0. The van der Waals surface area contributed by atoms with Gasteiger partial charge in [0.1, 0.15) is 11.5 Å². The maximum Gasteiger partial charge on any atom is 0.259 e. The lowest BCUT2D eigenvalue weighted by atomic mass is 10.0. The molecule has 0 atom stereocenters. The lowest BCUT2D eigenvalue weighted by Gasteiger charge is -2.11. The van der Waals surface area contributed by atoms with Gasteiger partial charge in [-0.15, -0.1) is 5.10 Å². The zero-order valence-electron chi connectivity index (χ0n) is 18.4. The first kappa shape index (κ1) is 22.6. The Labute approximate surface area is 187 Å². The highest BCUT2D eigenvalue weighted by atomic mass is 16.5. The molecule has 6 heteroatoms. The van der Waals surface area contributed by atoms with Crippen LogP contribution in [0.1, 0.15) is 28.4 Å². The molecule has 0 heterocycles. The van der Waals surface area contributed by atoms with Crippen molar-refractivity contribution in [2.75, 3.05) is 20.7 Å². The number of hydrogen-bond donors (Lipinski definition) is 0. The molecule has 0 aliphatic rings. The molecule has 3 aromatic rings. The summed E-state index contributed by atoms with van der Waals surface area (Å²) in [4.78, 5) is 26.2. The summed E-state index contributed by atoms with van der Waals surface area (Å²) in [6.45, 7) is 1.80. The zero-order chi connectivity index (χ0) is 22.9. The second-order valence-electron chi connectivity index (χ2n) is 7.30. The van der Waals surface area contributed by atoms with E-state index in [2.05, 4.69) is 10.2 Å². The Bertz CT molecular complexity index is 1120. The molecule has 0 unspecified atom stereocenters. The van der Waals surface area contributed by atoms with Gasteiger partial charge in [-0.05, 0) is 36.8 Å². The third-order valence-electron chi connectivity index (χ3n) is 4.73. The summed E-state index contributed by atoms with van der Waals surface area (Å²) >= 11 is 0. The van der Waals surface area contributed by atoms with Crippen LogP contribution in [0, 0.1) is 0 Å². The van der Waals surface area contributed by atoms with E-state index in [0.29, 0.717) is 22.6 Å². The number of carbonyl (C=O) groups excluding carboxylic acids is 2. The zero-order valence-corrected chi connectivity index (χ0v) is 18.4. The van der Waals surface area contributed by atoms with Gasteiger partial charge in [-0.1, -0.05) is 60.7 Å². The smallest absolute Gasteiger partial charge is 0.259 e. The van der Waals surface area contributed by atoms with Crippen LogP contribution in [0.2, 0.25) is 0 Å². The summed E-state index contributed by atoms with van der Waals surface area (Å²) in [5.74, 6) is 0.282. The van der Waals surface area contributed by atoms with Crippen molar-refractivity contribution in [2.45, 2.75) is 6.92 Å². The normalized spacial score (nSPS) is 11.7. The molecule has 0 saturated heterocycles. The predicted octanol–water partition coefficient (Wildman–Crippen LogP) is 4.25. The minimum absolute atomic E-state index is 0.0221. The number of ketones is 1. The number of ether oxygens (including phenoxy) is 1. The van der Waals surface area contributed by atoms with E-state index in [-0.39, 0.29) is 24.0 Å². The molecule has 0 aromatic heterocycles. The predicted molar refractivity (Wildman–Crippen MR) is 127 cm³/mol. The average Bonchev–Trinajstić information content (AvgIpc) is 2.83. The van der Waals surface area contributed by atoms with Gasteiger partial charge in [0.05, 0.1) is 5.71 Å². The van der Waals surface area contributed by atoms with Gasteiger partial charge in [0.15, 0.2) is 6.61 Å². The van der Waals surface area contributed by atoms with Crippen molar-refractivity contribution in [3.63, 3.8) is 0 Å². The van der Waals surface area contributed by atoms with Gasteiger partial charge in [0, 0.05) is 25.2 Å². The van der Waals surface area contributed by atoms with Gasteiger partial charge < -0.3 is 9.64 Å². The van der Waals surface area contributed by atoms with E-state index in [1.807, 2.05) is 67.6 Å². The fourth-order valence-electron chi connectivity index (χ4n) is 2.81. The molecule has 0 aliphatic carbocycles. The number of benzene rings is 3. The number of Topliss-reactive ketones (excluding diaryl/α,β-unsaturated/α-hetero) is 1. The Kier molecular flexibility index (Phi) is 7.65. The molecule has 0 bridgehead atoms. The van der Waals surface area contributed by atoms with Crippen LogP contribution >= 0.6 is 0 Å². The lowest BCUT2D eigenvalue weighted by molar-refractivity contribution is -0.130. The first-order chi connectivity index (χ1) is 15.5. The molecular formula is C26H25N3O3. The van der Waals surface area contributed by atoms with Crippen LogP contribution in [-0.4, -0.2) is 48.7 Å². The van der Waals surface area contributed by atoms with Crippen LogP contribution in [0.4, 0.5) is 0 Å². The van der Waals surface area contributed by atoms with E-state index in [1.165, 1.54) is 4.90 Å². The summed E-state index contributed by atoms with van der Waals surface area (Å²) in [6, 6.07) is 25.5. The van der Waals surface area contributed by atoms with E-state index in [9.17, 15) is 9.59 Å². The van der Waals surface area contributed by atoms with Crippen LogP contribution in [0.5, 0.6) is 5.75 Å². The molecule has 1 amide bonds. The van der Waals surface area contributed by atoms with Crippen molar-refractivity contribution in [2.24, 2.45) is 10.2 Å². The largest absolute Gasteiger partial charge is 0.484 e. The van der Waals surface area contributed by atoms with Crippen LogP contribution in [0.25, 0.3) is 0 Å². The minimum atomic E-state index is -0.192. The standard InChI is InChI=1S/C26H25N3O3/c1-19(20-14-16-23(17-15-20)32-18-24(30)29(2)3)27-28-25(21-10-6-4-7-11-21)26(31)22-12-8-5-9-13-22/h4-17H,18H2,1-3H3/b27-19+,28-25+. The Hall–Kier alpha value is -4.06. The topological polar surface area (TPSA) is 71.3 Å². The quantitative estimate of drug-likeness (QED) is 0.307. The fourth-order valence-corrected chi connectivity index (χ4v) is 2.81. The molecule has 0 fully saturated rings. The molecule has 0 spiro atoms. The molecular weight excluding hydrogens is 402 g/mol. The molecule has 3 rings (SSSR count). The summed E-state index contributed by atoms with van der Waals surface area (Å²) in [5.41, 5.74) is 3.01. The number of hydrogen-bond acceptors (Lipinski definition) is 5. The van der Waals surface area contributed by atoms with E-state index < -0.39 is 0 Å². The molecule has 0 radical (unpaired) electrons. The molecule has 0 aliphatic heterocycles. The average molecular weight is 428 g/mol. The number of carbonyl (C=O) groups is 2. The maximum atomic E-state index is 13.1. The van der Waals surface area contributed by atoms with E-state index >= 15 is 0 Å². The SMILES string of the molecule is C/C(=N\N=C(\C(=O)c1ccccc1)c1ccccc1)c1ccc(OCC(=O)N(C)C)cc1. The van der Waals surface area contributed by atoms with Crippen LogP contribution in [0.3, 0.4) is 0 Å². The van der Waals surface area contributed by atoms with Gasteiger partial charge in [0.25, 0.3) is 5.91 Å². The first-order valence-electron chi connectivity index (χ1n) is 10.2. The number of amides is 1. The first-order valence-corrected chi connectivity index (χ1v) is 10.2. The van der Waals surface area contributed by atoms with Gasteiger partial charge in [-0.25, -0.2) is 0 Å². The van der Waals surface area contributed by atoms with Gasteiger partial charge in [-0.3, -0.25) is 9.59 Å².